The number of amides is 1. The van der Waals surface area contributed by atoms with E-state index in [4.69, 9.17) is 0 Å². The molecule has 0 saturated heterocycles. The Morgan fingerprint density at radius 3 is 2.44 bits per heavy atom. The van der Waals surface area contributed by atoms with Crippen LogP contribution in [0, 0.1) is 5.41 Å². The standard InChI is InChI=1S/C19H30N4O2/c1-3-19(11-5-6-12-19)14-22-18(20-4-2)21-13-17(25)23-15-7-9-16(24)10-8-15/h7-10,24H,3-6,11-14H2,1-2H3,(H,23,25)(H2,20,21,22). The summed E-state index contributed by atoms with van der Waals surface area (Å²) in [5.74, 6) is 0.670. The number of anilines is 1. The molecule has 0 aliphatic heterocycles. The number of carbonyl (C=O) groups excluding carboxylic acids is 1. The van der Waals surface area contributed by atoms with Gasteiger partial charge in [-0.25, -0.2) is 4.99 Å². The highest BCUT2D eigenvalue weighted by molar-refractivity contribution is 5.94. The van der Waals surface area contributed by atoms with Gasteiger partial charge in [-0.2, -0.15) is 0 Å². The molecule has 1 aliphatic carbocycles. The lowest BCUT2D eigenvalue weighted by atomic mass is 9.83. The molecule has 138 valence electrons. The van der Waals surface area contributed by atoms with Gasteiger partial charge in [0.1, 0.15) is 12.3 Å². The summed E-state index contributed by atoms with van der Waals surface area (Å²) in [5, 5.41) is 18.6. The van der Waals surface area contributed by atoms with E-state index in [1.54, 1.807) is 12.1 Å². The van der Waals surface area contributed by atoms with Crippen LogP contribution in [0.5, 0.6) is 5.75 Å². The second kappa shape index (κ2) is 9.30. The van der Waals surface area contributed by atoms with Crippen LogP contribution in [0.15, 0.2) is 29.3 Å². The summed E-state index contributed by atoms with van der Waals surface area (Å²) >= 11 is 0. The van der Waals surface area contributed by atoms with Gasteiger partial charge in [-0.15, -0.1) is 0 Å². The number of phenols is 1. The first-order chi connectivity index (χ1) is 12.1. The van der Waals surface area contributed by atoms with Gasteiger partial charge in [0.15, 0.2) is 5.96 Å². The number of carbonyl (C=O) groups is 1. The fourth-order valence-corrected chi connectivity index (χ4v) is 3.29. The van der Waals surface area contributed by atoms with E-state index in [0.717, 1.165) is 13.1 Å². The first-order valence-corrected chi connectivity index (χ1v) is 9.18. The van der Waals surface area contributed by atoms with Crippen LogP contribution in [-0.4, -0.2) is 36.6 Å². The maximum absolute atomic E-state index is 12.0. The third-order valence-electron chi connectivity index (χ3n) is 4.92. The molecule has 25 heavy (non-hydrogen) atoms. The van der Waals surface area contributed by atoms with E-state index in [1.165, 1.54) is 44.2 Å². The maximum atomic E-state index is 12.0. The Bertz CT molecular complexity index is 578. The van der Waals surface area contributed by atoms with Crippen molar-refractivity contribution in [2.75, 3.05) is 25.0 Å². The van der Waals surface area contributed by atoms with E-state index in [-0.39, 0.29) is 18.2 Å². The highest BCUT2D eigenvalue weighted by atomic mass is 16.3. The van der Waals surface area contributed by atoms with Gasteiger partial charge in [0.25, 0.3) is 0 Å². The van der Waals surface area contributed by atoms with Crippen LogP contribution in [0.25, 0.3) is 0 Å². The fraction of sp³-hybridized carbons (Fsp3) is 0.579. The number of phenolic OH excluding ortho intramolecular Hbond substituents is 1. The molecule has 1 aromatic carbocycles. The number of rotatable bonds is 7. The number of hydrogen-bond donors (Lipinski definition) is 4. The molecule has 1 fully saturated rings. The minimum Gasteiger partial charge on any atom is -0.508 e. The predicted molar refractivity (Wildman–Crippen MR) is 102 cm³/mol. The van der Waals surface area contributed by atoms with Crippen LogP contribution in [0.4, 0.5) is 5.69 Å². The Morgan fingerprint density at radius 2 is 1.84 bits per heavy atom. The van der Waals surface area contributed by atoms with Gasteiger partial charge < -0.3 is 21.1 Å². The van der Waals surface area contributed by atoms with Crippen molar-refractivity contribution >= 4 is 17.6 Å². The average Bonchev–Trinajstić information content (AvgIpc) is 3.09. The molecule has 0 bridgehead atoms. The van der Waals surface area contributed by atoms with Gasteiger partial charge in [0.2, 0.25) is 5.91 Å². The molecule has 1 saturated carbocycles. The van der Waals surface area contributed by atoms with Crippen LogP contribution in [0.2, 0.25) is 0 Å². The number of aromatic hydroxyl groups is 1. The van der Waals surface area contributed by atoms with Crippen molar-refractivity contribution < 1.29 is 9.90 Å². The van der Waals surface area contributed by atoms with Gasteiger partial charge in [0, 0.05) is 18.8 Å². The van der Waals surface area contributed by atoms with E-state index < -0.39 is 0 Å². The van der Waals surface area contributed by atoms with Gasteiger partial charge in [-0.1, -0.05) is 19.8 Å². The molecular formula is C19H30N4O2. The summed E-state index contributed by atoms with van der Waals surface area (Å²) in [7, 11) is 0. The molecule has 0 heterocycles. The second-order valence-electron chi connectivity index (χ2n) is 6.70. The molecule has 4 N–H and O–H groups in total. The molecule has 0 atom stereocenters. The van der Waals surface area contributed by atoms with E-state index >= 15 is 0 Å². The van der Waals surface area contributed by atoms with E-state index in [2.05, 4.69) is 27.9 Å². The number of aliphatic imine (C=N–C) groups is 1. The minimum atomic E-state index is -0.186. The van der Waals surface area contributed by atoms with Gasteiger partial charge in [-0.3, -0.25) is 4.79 Å². The lowest BCUT2D eigenvalue weighted by Crippen LogP contribution is -2.43. The Hall–Kier alpha value is -2.24. The van der Waals surface area contributed by atoms with Crippen molar-refractivity contribution in [1.29, 1.82) is 0 Å². The number of benzene rings is 1. The van der Waals surface area contributed by atoms with Crippen molar-refractivity contribution in [1.82, 2.24) is 10.6 Å². The van der Waals surface area contributed by atoms with E-state index in [9.17, 15) is 9.90 Å². The Balaban J connectivity index is 1.87. The number of nitrogens with one attached hydrogen (secondary N) is 3. The molecule has 6 heteroatoms. The zero-order valence-electron chi connectivity index (χ0n) is 15.3. The number of hydrogen-bond acceptors (Lipinski definition) is 3. The summed E-state index contributed by atoms with van der Waals surface area (Å²) in [4.78, 5) is 16.4. The molecule has 2 rings (SSSR count). The van der Waals surface area contributed by atoms with Gasteiger partial charge in [0.05, 0.1) is 0 Å². The average molecular weight is 346 g/mol. The monoisotopic (exact) mass is 346 g/mol. The lowest BCUT2D eigenvalue weighted by Gasteiger charge is -2.28. The third kappa shape index (κ3) is 5.96. The molecule has 0 unspecified atom stereocenters. The first-order valence-electron chi connectivity index (χ1n) is 9.18. The number of guanidine groups is 1. The van der Waals surface area contributed by atoms with E-state index in [0.29, 0.717) is 17.1 Å². The van der Waals surface area contributed by atoms with Crippen LogP contribution in [0.1, 0.15) is 46.0 Å². The third-order valence-corrected chi connectivity index (χ3v) is 4.92. The smallest absolute Gasteiger partial charge is 0.246 e. The predicted octanol–water partition coefficient (Wildman–Crippen LogP) is 2.86. The number of nitrogens with zero attached hydrogens (tertiary/aromatic N) is 1. The summed E-state index contributed by atoms with van der Waals surface area (Å²) in [6, 6.07) is 6.39. The Labute approximate surface area is 150 Å². The molecule has 1 amide bonds. The maximum Gasteiger partial charge on any atom is 0.246 e. The second-order valence-corrected chi connectivity index (χ2v) is 6.70. The minimum absolute atomic E-state index is 0.0509. The Morgan fingerprint density at radius 1 is 1.16 bits per heavy atom. The fourth-order valence-electron chi connectivity index (χ4n) is 3.29. The van der Waals surface area contributed by atoms with Crippen LogP contribution >= 0.6 is 0 Å². The highest BCUT2D eigenvalue weighted by Crippen LogP contribution is 2.40. The Kier molecular flexibility index (Phi) is 7.10. The molecule has 1 aliphatic rings. The summed E-state index contributed by atoms with van der Waals surface area (Å²) in [5.41, 5.74) is 1.01. The normalized spacial score (nSPS) is 16.5. The molecule has 0 aromatic heterocycles. The topological polar surface area (TPSA) is 85.8 Å². The van der Waals surface area contributed by atoms with Crippen molar-refractivity contribution in [3.63, 3.8) is 0 Å². The van der Waals surface area contributed by atoms with Crippen LogP contribution in [-0.2, 0) is 4.79 Å². The largest absolute Gasteiger partial charge is 0.508 e. The SMILES string of the molecule is CCNC(=NCC(=O)Nc1ccc(O)cc1)NCC1(CC)CCCC1. The van der Waals surface area contributed by atoms with E-state index in [1.807, 2.05) is 6.92 Å². The highest BCUT2D eigenvalue weighted by Gasteiger charge is 2.31. The molecular weight excluding hydrogens is 316 g/mol. The van der Waals surface area contributed by atoms with Crippen molar-refractivity contribution in [3.05, 3.63) is 24.3 Å². The van der Waals surface area contributed by atoms with Crippen LogP contribution < -0.4 is 16.0 Å². The van der Waals surface area contributed by atoms with Gasteiger partial charge >= 0.3 is 0 Å². The molecule has 0 spiro atoms. The molecule has 6 nitrogen and oxygen atoms in total. The molecule has 1 aromatic rings. The molecule has 0 radical (unpaired) electrons. The quantitative estimate of drug-likeness (QED) is 0.347. The van der Waals surface area contributed by atoms with Crippen LogP contribution in [0.3, 0.4) is 0 Å². The first kappa shape index (κ1) is 19.1. The van der Waals surface area contributed by atoms with Crippen molar-refractivity contribution in [2.24, 2.45) is 10.4 Å². The summed E-state index contributed by atoms with van der Waals surface area (Å²) in [6.07, 6.45) is 6.30. The lowest BCUT2D eigenvalue weighted by molar-refractivity contribution is -0.114. The summed E-state index contributed by atoms with van der Waals surface area (Å²) < 4.78 is 0. The zero-order valence-corrected chi connectivity index (χ0v) is 15.3. The zero-order chi connectivity index (χ0) is 18.1. The summed E-state index contributed by atoms with van der Waals surface area (Å²) in [6.45, 7) is 5.97. The van der Waals surface area contributed by atoms with Crippen molar-refractivity contribution in [2.45, 2.75) is 46.0 Å². The van der Waals surface area contributed by atoms with Gasteiger partial charge in [-0.05, 0) is 55.9 Å². The van der Waals surface area contributed by atoms with Crippen molar-refractivity contribution in [3.8, 4) is 5.75 Å².